The summed E-state index contributed by atoms with van der Waals surface area (Å²) in [6.07, 6.45) is 4.13. The van der Waals surface area contributed by atoms with Crippen molar-refractivity contribution in [3.8, 4) is 0 Å². The van der Waals surface area contributed by atoms with E-state index in [1.807, 2.05) is 24.0 Å². The molecule has 0 heterocycles. The van der Waals surface area contributed by atoms with E-state index in [9.17, 15) is 4.79 Å². The van der Waals surface area contributed by atoms with Crippen molar-refractivity contribution in [3.63, 3.8) is 0 Å². The molecule has 3 nitrogen and oxygen atoms in total. The van der Waals surface area contributed by atoms with Crippen LogP contribution in [0.15, 0.2) is 30.3 Å². The lowest BCUT2D eigenvalue weighted by atomic mass is 9.78. The van der Waals surface area contributed by atoms with Gasteiger partial charge in [0.15, 0.2) is 0 Å². The molecule has 1 amide bonds. The maximum atomic E-state index is 12.5. The molecule has 1 aliphatic carbocycles. The number of amides is 1. The molecule has 0 spiro atoms. The molecule has 1 aromatic carbocycles. The van der Waals surface area contributed by atoms with Crippen molar-refractivity contribution >= 4 is 21.3 Å². The van der Waals surface area contributed by atoms with Gasteiger partial charge in [0.05, 0.1) is 5.41 Å². The van der Waals surface area contributed by atoms with E-state index < -0.39 is 15.4 Å². The van der Waals surface area contributed by atoms with E-state index >= 15 is 0 Å². The highest BCUT2D eigenvalue weighted by atomic mass is 27.1. The van der Waals surface area contributed by atoms with Crippen LogP contribution in [-0.4, -0.2) is 25.3 Å². The quantitative estimate of drug-likeness (QED) is 0.381. The number of hydrogen-bond acceptors (Lipinski definition) is 2. The summed E-state index contributed by atoms with van der Waals surface area (Å²) >= 11 is -0.623. The first-order valence-corrected chi connectivity index (χ1v) is 8.37. The van der Waals surface area contributed by atoms with Gasteiger partial charge in [-0.1, -0.05) is 49.0 Å². The molecule has 0 aliphatic heterocycles. The molecule has 17 heavy (non-hydrogen) atoms. The zero-order valence-corrected chi connectivity index (χ0v) is 11.8. The molecule has 0 saturated heterocycles. The van der Waals surface area contributed by atoms with Gasteiger partial charge in [-0.15, -0.1) is 0 Å². The fourth-order valence-corrected chi connectivity index (χ4v) is 3.37. The Hall–Kier alpha value is -0.818. The van der Waals surface area contributed by atoms with E-state index in [0.717, 1.165) is 31.2 Å². The Morgan fingerprint density at radius 3 is 2.41 bits per heavy atom. The van der Waals surface area contributed by atoms with Crippen LogP contribution in [0.5, 0.6) is 0 Å². The third kappa shape index (κ3) is 2.26. The summed E-state index contributed by atoms with van der Waals surface area (Å²) in [6.45, 7) is 0. The van der Waals surface area contributed by atoms with Crippen molar-refractivity contribution in [2.45, 2.75) is 36.9 Å². The first-order valence-electron chi connectivity index (χ1n) is 6.33. The standard InChI is InChI=1S/C12H16N2O.CH3.Al.H/c13-14-11(15)12(8-4-5-9-12)10-6-2-1-3-7-10;;;/h1-3,6-7H,4-5,8-9,13H2,(H,14,15);1H3;;/q;;+1;/p-1. The summed E-state index contributed by atoms with van der Waals surface area (Å²) in [5.74, 6) is 8.05. The first-order chi connectivity index (χ1) is 8.20. The highest BCUT2D eigenvalue weighted by Gasteiger charge is 2.43. The normalized spacial score (nSPS) is 17.8. The minimum atomic E-state index is -0.623. The van der Waals surface area contributed by atoms with Crippen LogP contribution < -0.4 is 5.84 Å². The first kappa shape index (κ1) is 12.6. The van der Waals surface area contributed by atoms with Crippen molar-refractivity contribution in [1.29, 1.82) is 0 Å². The molecule has 0 bridgehead atoms. The summed E-state index contributed by atoms with van der Waals surface area (Å²) in [4.78, 5) is 12.5. The lowest BCUT2D eigenvalue weighted by Crippen LogP contribution is -2.50. The van der Waals surface area contributed by atoms with E-state index in [4.69, 9.17) is 5.84 Å². The zero-order chi connectivity index (χ0) is 12.3. The Balaban J connectivity index is 2.37. The third-order valence-electron chi connectivity index (χ3n) is 3.79. The number of benzene rings is 1. The van der Waals surface area contributed by atoms with Crippen molar-refractivity contribution in [1.82, 2.24) is 3.99 Å². The average Bonchev–Trinajstić information content (AvgIpc) is 2.88. The predicted octanol–water partition coefficient (Wildman–Crippen LogP) is 1.60. The maximum Gasteiger partial charge on any atom is 0.410 e. The van der Waals surface area contributed by atoms with Gasteiger partial charge in [0.25, 0.3) is 0 Å². The Bertz CT molecular complexity index is 388. The zero-order valence-electron chi connectivity index (χ0n) is 10.4. The number of rotatable bonds is 3. The molecule has 1 saturated carbocycles. The van der Waals surface area contributed by atoms with Crippen LogP contribution in [0.3, 0.4) is 0 Å². The van der Waals surface area contributed by atoms with Gasteiger partial charge in [-0.2, -0.15) is 0 Å². The van der Waals surface area contributed by atoms with Gasteiger partial charge >= 0.3 is 15.4 Å². The van der Waals surface area contributed by atoms with Crippen LogP contribution in [0.2, 0.25) is 5.79 Å². The van der Waals surface area contributed by atoms with Gasteiger partial charge < -0.3 is 3.99 Å². The van der Waals surface area contributed by atoms with Crippen LogP contribution in [0, 0.1) is 0 Å². The third-order valence-corrected chi connectivity index (χ3v) is 4.76. The maximum absolute atomic E-state index is 12.5. The van der Waals surface area contributed by atoms with Crippen molar-refractivity contribution in [2.24, 2.45) is 5.84 Å². The second-order valence-electron chi connectivity index (χ2n) is 4.75. The van der Waals surface area contributed by atoms with Crippen LogP contribution in [-0.2, 0) is 10.2 Å². The lowest BCUT2D eigenvalue weighted by molar-refractivity contribution is -0.132. The highest BCUT2D eigenvalue weighted by Crippen LogP contribution is 2.42. The van der Waals surface area contributed by atoms with Crippen molar-refractivity contribution in [2.75, 3.05) is 0 Å². The smallest absolute Gasteiger partial charge is 0.378 e. The molecule has 2 rings (SSSR count). The number of hydrogen-bond donors (Lipinski definition) is 1. The minimum Gasteiger partial charge on any atom is -0.378 e. The summed E-state index contributed by atoms with van der Waals surface area (Å²) < 4.78 is 1.50. The number of carbonyl (C=O) groups excluding carboxylic acids is 1. The average molecular weight is 246 g/mol. The largest absolute Gasteiger partial charge is 0.410 e. The Kier molecular flexibility index (Phi) is 3.88. The number of carbonyl (C=O) groups is 1. The van der Waals surface area contributed by atoms with Gasteiger partial charge in [-0.3, -0.25) is 10.6 Å². The molecule has 2 N–H and O–H groups in total. The number of hydrazine groups is 1. The molecule has 1 fully saturated rings. The van der Waals surface area contributed by atoms with Gasteiger partial charge in [-0.25, -0.2) is 0 Å². The monoisotopic (exact) mass is 246 g/mol. The van der Waals surface area contributed by atoms with E-state index in [1.165, 1.54) is 3.99 Å². The molecular formula is C13H19AlN2O. The fraction of sp³-hybridized carbons (Fsp3) is 0.462. The van der Waals surface area contributed by atoms with E-state index in [0.29, 0.717) is 0 Å². The molecule has 0 atom stereocenters. The van der Waals surface area contributed by atoms with Crippen LogP contribution in [0.25, 0.3) is 0 Å². The fourth-order valence-electron chi connectivity index (χ4n) is 2.78. The van der Waals surface area contributed by atoms with Crippen LogP contribution in [0.4, 0.5) is 0 Å². The van der Waals surface area contributed by atoms with Gasteiger partial charge in [-0.05, 0) is 18.4 Å². The molecule has 4 heteroatoms. The molecule has 90 valence electrons. The van der Waals surface area contributed by atoms with Crippen LogP contribution >= 0.6 is 0 Å². The minimum absolute atomic E-state index is 0.135. The second kappa shape index (κ2) is 5.22. The number of nitrogens with zero attached hydrogens (tertiary/aromatic N) is 1. The van der Waals surface area contributed by atoms with Gasteiger partial charge in [0.1, 0.15) is 0 Å². The highest BCUT2D eigenvalue weighted by molar-refractivity contribution is 6.35. The van der Waals surface area contributed by atoms with Crippen molar-refractivity contribution in [3.05, 3.63) is 35.9 Å². The topological polar surface area (TPSA) is 46.3 Å². The Morgan fingerprint density at radius 2 is 1.88 bits per heavy atom. The number of nitrogens with two attached hydrogens (primary N) is 1. The van der Waals surface area contributed by atoms with E-state index in [2.05, 4.69) is 12.1 Å². The molecule has 0 radical (unpaired) electrons. The molecule has 1 aliphatic rings. The molecular weight excluding hydrogens is 227 g/mol. The predicted molar refractivity (Wildman–Crippen MR) is 70.6 cm³/mol. The molecule has 1 aromatic rings. The summed E-state index contributed by atoms with van der Waals surface area (Å²) in [6, 6.07) is 10.1. The second-order valence-corrected chi connectivity index (χ2v) is 6.06. The Morgan fingerprint density at radius 1 is 1.29 bits per heavy atom. The lowest BCUT2D eigenvalue weighted by Gasteiger charge is -2.32. The Labute approximate surface area is 109 Å². The van der Waals surface area contributed by atoms with E-state index in [1.54, 1.807) is 0 Å². The van der Waals surface area contributed by atoms with E-state index in [-0.39, 0.29) is 11.3 Å². The van der Waals surface area contributed by atoms with Gasteiger partial charge in [0.2, 0.25) is 5.91 Å². The SMILES string of the molecule is [CH3][AlH][N](N)C(=O)C1(c2ccccc2)CCCC1. The molecule has 0 unspecified atom stereocenters. The molecule has 0 aromatic heterocycles. The summed E-state index contributed by atoms with van der Waals surface area (Å²) in [5, 5.41) is 0. The van der Waals surface area contributed by atoms with Gasteiger partial charge in [0, 0.05) is 0 Å². The van der Waals surface area contributed by atoms with Crippen LogP contribution in [0.1, 0.15) is 31.2 Å². The van der Waals surface area contributed by atoms with Crippen molar-refractivity contribution < 1.29 is 4.79 Å². The summed E-state index contributed by atoms with van der Waals surface area (Å²) in [5.41, 5.74) is 0.805. The summed E-state index contributed by atoms with van der Waals surface area (Å²) in [7, 11) is 0.